The molecule has 3 rings (SSSR count). The molecule has 21 heavy (non-hydrogen) atoms. The van der Waals surface area contributed by atoms with Crippen LogP contribution < -0.4 is 5.73 Å². The zero-order valence-electron chi connectivity index (χ0n) is 11.5. The van der Waals surface area contributed by atoms with Crippen LogP contribution in [0.25, 0.3) is 11.4 Å². The van der Waals surface area contributed by atoms with Crippen LogP contribution in [0, 0.1) is 0 Å². The third-order valence-electron chi connectivity index (χ3n) is 3.63. The highest BCUT2D eigenvalue weighted by molar-refractivity contribution is 6.43. The van der Waals surface area contributed by atoms with E-state index in [2.05, 4.69) is 22.4 Å². The number of nitrogens with zero attached hydrogens (tertiary/aromatic N) is 4. The Morgan fingerprint density at radius 3 is 2.90 bits per heavy atom. The van der Waals surface area contributed by atoms with Crippen molar-refractivity contribution < 1.29 is 4.74 Å². The van der Waals surface area contributed by atoms with E-state index >= 15 is 0 Å². The maximum Gasteiger partial charge on any atom is 0.182 e. The van der Waals surface area contributed by atoms with Crippen molar-refractivity contribution in [1.82, 2.24) is 20.2 Å². The minimum absolute atomic E-state index is 0.244. The van der Waals surface area contributed by atoms with E-state index in [-0.39, 0.29) is 5.60 Å². The fourth-order valence-electron chi connectivity index (χ4n) is 2.54. The number of nitrogens with two attached hydrogens (primary N) is 1. The van der Waals surface area contributed by atoms with Gasteiger partial charge in [-0.1, -0.05) is 23.2 Å². The molecule has 0 spiro atoms. The van der Waals surface area contributed by atoms with Gasteiger partial charge in [0.1, 0.15) is 0 Å². The molecule has 1 aliphatic rings. The highest BCUT2D eigenvalue weighted by atomic mass is 35.5. The van der Waals surface area contributed by atoms with Gasteiger partial charge >= 0.3 is 0 Å². The van der Waals surface area contributed by atoms with Gasteiger partial charge < -0.3 is 10.5 Å². The van der Waals surface area contributed by atoms with Crippen LogP contribution in [0.3, 0.4) is 0 Å². The van der Waals surface area contributed by atoms with Crippen molar-refractivity contribution in [2.75, 3.05) is 12.3 Å². The van der Waals surface area contributed by atoms with Crippen LogP contribution in [-0.2, 0) is 11.3 Å². The van der Waals surface area contributed by atoms with Crippen LogP contribution in [0.2, 0.25) is 10.0 Å². The van der Waals surface area contributed by atoms with Crippen molar-refractivity contribution >= 4 is 28.9 Å². The molecule has 1 saturated heterocycles. The summed E-state index contributed by atoms with van der Waals surface area (Å²) >= 11 is 12.0. The molecular formula is C13H15Cl2N5O. The monoisotopic (exact) mass is 327 g/mol. The predicted molar refractivity (Wildman–Crippen MR) is 81.3 cm³/mol. The van der Waals surface area contributed by atoms with Gasteiger partial charge in [-0.25, -0.2) is 4.68 Å². The van der Waals surface area contributed by atoms with Gasteiger partial charge in [0.05, 0.1) is 27.9 Å². The number of ether oxygens (including phenoxy) is 1. The molecule has 2 aromatic rings. The minimum Gasteiger partial charge on any atom is -0.397 e. The quantitative estimate of drug-likeness (QED) is 0.877. The first-order valence-electron chi connectivity index (χ1n) is 6.63. The molecule has 1 aromatic carbocycles. The van der Waals surface area contributed by atoms with Crippen LogP contribution in [-0.4, -0.2) is 32.4 Å². The van der Waals surface area contributed by atoms with E-state index in [1.165, 1.54) is 0 Å². The van der Waals surface area contributed by atoms with E-state index in [1.807, 2.05) is 0 Å². The number of halogens is 2. The van der Waals surface area contributed by atoms with Crippen molar-refractivity contribution in [3.05, 3.63) is 22.2 Å². The normalized spacial score (nSPS) is 21.9. The zero-order valence-corrected chi connectivity index (χ0v) is 13.0. The third-order valence-corrected chi connectivity index (χ3v) is 4.45. The zero-order chi connectivity index (χ0) is 15.0. The van der Waals surface area contributed by atoms with Crippen molar-refractivity contribution in [1.29, 1.82) is 0 Å². The average Bonchev–Trinajstić information content (AvgIpc) is 3.05. The number of aromatic nitrogens is 4. The van der Waals surface area contributed by atoms with Gasteiger partial charge in [0.15, 0.2) is 5.82 Å². The first-order chi connectivity index (χ1) is 9.98. The van der Waals surface area contributed by atoms with E-state index < -0.39 is 0 Å². The second kappa shape index (κ2) is 5.44. The lowest BCUT2D eigenvalue weighted by Gasteiger charge is -2.23. The Hall–Kier alpha value is -1.37. The summed E-state index contributed by atoms with van der Waals surface area (Å²) in [7, 11) is 0. The Labute approximate surface area is 132 Å². The molecule has 8 heteroatoms. The van der Waals surface area contributed by atoms with E-state index in [0.717, 1.165) is 25.0 Å². The summed E-state index contributed by atoms with van der Waals surface area (Å²) in [6.07, 6.45) is 2.03. The van der Waals surface area contributed by atoms with Crippen molar-refractivity contribution in [3.63, 3.8) is 0 Å². The van der Waals surface area contributed by atoms with Crippen LogP contribution in [0.4, 0.5) is 5.69 Å². The van der Waals surface area contributed by atoms with Gasteiger partial charge in [0.25, 0.3) is 0 Å². The molecule has 1 unspecified atom stereocenters. The third kappa shape index (κ3) is 2.84. The van der Waals surface area contributed by atoms with E-state index in [0.29, 0.717) is 28.1 Å². The fourth-order valence-corrected chi connectivity index (χ4v) is 2.87. The van der Waals surface area contributed by atoms with Gasteiger partial charge in [-0.3, -0.25) is 0 Å². The second-order valence-corrected chi connectivity index (χ2v) is 6.21. The Morgan fingerprint density at radius 1 is 1.43 bits per heavy atom. The standard InChI is InChI=1S/C13H15Cl2N5O/c1-13(3-2-4-21-13)7-20-12(17-18-19-20)8-5-9(14)11(15)10(16)6-8/h5-6H,2-4,7,16H2,1H3. The Kier molecular flexibility index (Phi) is 3.77. The summed E-state index contributed by atoms with van der Waals surface area (Å²) in [4.78, 5) is 0. The van der Waals surface area contributed by atoms with Crippen LogP contribution >= 0.6 is 23.2 Å². The number of tetrazole rings is 1. The number of hydrogen-bond donors (Lipinski definition) is 1. The summed E-state index contributed by atoms with van der Waals surface area (Å²) < 4.78 is 7.50. The number of anilines is 1. The molecule has 6 nitrogen and oxygen atoms in total. The lowest BCUT2D eigenvalue weighted by Crippen LogP contribution is -2.30. The summed E-state index contributed by atoms with van der Waals surface area (Å²) in [5.74, 6) is 0.594. The number of rotatable bonds is 3. The van der Waals surface area contributed by atoms with Gasteiger partial charge in [0, 0.05) is 12.2 Å². The van der Waals surface area contributed by atoms with E-state index in [4.69, 9.17) is 33.7 Å². The second-order valence-electron chi connectivity index (χ2n) is 5.42. The molecule has 1 atom stereocenters. The molecule has 0 bridgehead atoms. The molecule has 1 fully saturated rings. The maximum atomic E-state index is 6.07. The van der Waals surface area contributed by atoms with Crippen molar-refractivity contribution in [3.8, 4) is 11.4 Å². The molecule has 1 aromatic heterocycles. The SMILES string of the molecule is CC1(Cn2nnnc2-c2cc(N)c(Cl)c(Cl)c2)CCCO1. The number of nitrogen functional groups attached to an aromatic ring is 1. The Bertz CT molecular complexity index is 643. The summed E-state index contributed by atoms with van der Waals surface area (Å²) in [5, 5.41) is 12.6. The molecule has 0 amide bonds. The highest BCUT2D eigenvalue weighted by Crippen LogP contribution is 2.34. The largest absolute Gasteiger partial charge is 0.397 e. The molecular weight excluding hydrogens is 313 g/mol. The highest BCUT2D eigenvalue weighted by Gasteiger charge is 2.31. The Balaban J connectivity index is 1.95. The smallest absolute Gasteiger partial charge is 0.182 e. The van der Waals surface area contributed by atoms with E-state index in [9.17, 15) is 0 Å². The molecule has 2 N–H and O–H groups in total. The van der Waals surface area contributed by atoms with Gasteiger partial charge in [-0.15, -0.1) is 5.10 Å². The molecule has 0 saturated carbocycles. The van der Waals surface area contributed by atoms with Gasteiger partial charge in [0.2, 0.25) is 0 Å². The van der Waals surface area contributed by atoms with Crippen LogP contribution in [0.15, 0.2) is 12.1 Å². The predicted octanol–water partition coefficient (Wildman–Crippen LogP) is 2.80. The molecule has 0 aliphatic carbocycles. The topological polar surface area (TPSA) is 78.9 Å². The fraction of sp³-hybridized carbons (Fsp3) is 0.462. The van der Waals surface area contributed by atoms with Crippen LogP contribution in [0.5, 0.6) is 0 Å². The summed E-state index contributed by atoms with van der Waals surface area (Å²) in [6, 6.07) is 3.43. The minimum atomic E-state index is -0.244. The molecule has 1 aliphatic heterocycles. The van der Waals surface area contributed by atoms with Crippen molar-refractivity contribution in [2.24, 2.45) is 0 Å². The first kappa shape index (κ1) is 14.6. The number of hydrogen-bond acceptors (Lipinski definition) is 5. The van der Waals surface area contributed by atoms with Gasteiger partial charge in [-0.2, -0.15) is 0 Å². The van der Waals surface area contributed by atoms with Gasteiger partial charge in [-0.05, 0) is 42.3 Å². The number of benzene rings is 1. The summed E-state index contributed by atoms with van der Waals surface area (Å²) in [5.41, 5.74) is 6.73. The van der Waals surface area contributed by atoms with Crippen LogP contribution in [0.1, 0.15) is 19.8 Å². The lowest BCUT2D eigenvalue weighted by atomic mass is 10.0. The lowest BCUT2D eigenvalue weighted by molar-refractivity contribution is 0.00356. The maximum absolute atomic E-state index is 6.07. The van der Waals surface area contributed by atoms with Crippen molar-refractivity contribution in [2.45, 2.75) is 31.9 Å². The average molecular weight is 328 g/mol. The molecule has 0 radical (unpaired) electrons. The first-order valence-corrected chi connectivity index (χ1v) is 7.39. The Morgan fingerprint density at radius 2 is 2.24 bits per heavy atom. The van der Waals surface area contributed by atoms with E-state index in [1.54, 1.807) is 16.8 Å². The molecule has 2 heterocycles. The summed E-state index contributed by atoms with van der Waals surface area (Å²) in [6.45, 7) is 3.41. The molecule has 112 valence electrons.